The Kier molecular flexibility index (Phi) is 4.47. The van der Waals surface area contributed by atoms with Crippen LogP contribution in [0.3, 0.4) is 0 Å². The van der Waals surface area contributed by atoms with Gasteiger partial charge in [0.2, 0.25) is 11.8 Å². The van der Waals surface area contributed by atoms with E-state index in [0.29, 0.717) is 12.5 Å². The van der Waals surface area contributed by atoms with Gasteiger partial charge in [-0.1, -0.05) is 38.5 Å². The topological polar surface area (TPSA) is 65.2 Å². The molecule has 2 amide bonds. The van der Waals surface area contributed by atoms with E-state index in [1.807, 2.05) is 11.0 Å². The fraction of sp³-hybridized carbons (Fsp3) is 0.524. The van der Waals surface area contributed by atoms with E-state index in [-0.39, 0.29) is 30.3 Å². The van der Waals surface area contributed by atoms with E-state index in [9.17, 15) is 9.59 Å². The summed E-state index contributed by atoms with van der Waals surface area (Å²) in [6.07, 6.45) is 3.88. The maximum atomic E-state index is 12.9. The number of hydrogen-bond donors (Lipinski definition) is 2. The molecule has 26 heavy (non-hydrogen) atoms. The predicted octanol–water partition coefficient (Wildman–Crippen LogP) is 3.17. The van der Waals surface area contributed by atoms with Crippen LogP contribution < -0.4 is 5.32 Å². The number of carbonyl (C=O) groups excluding carboxylic acids is 2. The number of carbonyl (C=O) groups is 2. The lowest BCUT2D eigenvalue weighted by Crippen LogP contribution is -2.47. The zero-order valence-corrected chi connectivity index (χ0v) is 15.5. The lowest BCUT2D eigenvalue weighted by molar-refractivity contribution is -0.137. The third kappa shape index (κ3) is 2.89. The van der Waals surface area contributed by atoms with E-state index < -0.39 is 0 Å². The number of H-pyrrole nitrogens is 1. The van der Waals surface area contributed by atoms with Crippen molar-refractivity contribution in [1.82, 2.24) is 15.2 Å². The second-order valence-electron chi connectivity index (χ2n) is 7.93. The van der Waals surface area contributed by atoms with Crippen LogP contribution >= 0.6 is 0 Å². The molecular formula is C21H27N3O2. The lowest BCUT2D eigenvalue weighted by Gasteiger charge is -2.38. The lowest BCUT2D eigenvalue weighted by atomic mass is 9.85. The molecule has 2 aromatic rings. The van der Waals surface area contributed by atoms with E-state index in [1.54, 1.807) is 0 Å². The highest BCUT2D eigenvalue weighted by atomic mass is 16.2. The zero-order valence-electron chi connectivity index (χ0n) is 15.5. The maximum absolute atomic E-state index is 12.9. The van der Waals surface area contributed by atoms with Gasteiger partial charge in [-0.2, -0.15) is 0 Å². The Morgan fingerprint density at radius 3 is 2.73 bits per heavy atom. The number of nitrogens with zero attached hydrogens (tertiary/aromatic N) is 1. The Hall–Kier alpha value is -2.30. The minimum Gasteiger partial charge on any atom is -0.356 e. The quantitative estimate of drug-likeness (QED) is 0.887. The fourth-order valence-electron chi connectivity index (χ4n) is 4.32. The third-order valence-corrected chi connectivity index (χ3v) is 5.92. The molecule has 1 atom stereocenters. The molecule has 1 aromatic heterocycles. The van der Waals surface area contributed by atoms with Crippen molar-refractivity contribution in [1.29, 1.82) is 0 Å². The normalized spacial score (nSPS) is 20.1. The van der Waals surface area contributed by atoms with Crippen molar-refractivity contribution in [2.24, 2.45) is 11.8 Å². The molecule has 2 N–H and O–H groups in total. The SMILES string of the molecule is CC(C)C1c2[nH]c3ccccc3c2CCN1C(=O)CNC(=O)C1CCC1. The minimum absolute atomic E-state index is 0.0145. The van der Waals surface area contributed by atoms with Crippen molar-refractivity contribution in [3.05, 3.63) is 35.5 Å². The molecule has 1 unspecified atom stereocenters. The van der Waals surface area contributed by atoms with Crippen LogP contribution in [0.5, 0.6) is 0 Å². The largest absolute Gasteiger partial charge is 0.356 e. The van der Waals surface area contributed by atoms with Crippen molar-refractivity contribution in [3.8, 4) is 0 Å². The van der Waals surface area contributed by atoms with Crippen molar-refractivity contribution >= 4 is 22.7 Å². The van der Waals surface area contributed by atoms with E-state index in [1.165, 1.54) is 10.9 Å². The van der Waals surface area contributed by atoms with Gasteiger partial charge in [-0.25, -0.2) is 0 Å². The van der Waals surface area contributed by atoms with Gasteiger partial charge in [0.05, 0.1) is 12.6 Å². The molecular weight excluding hydrogens is 326 g/mol. The highest BCUT2D eigenvalue weighted by Crippen LogP contribution is 2.38. The Labute approximate surface area is 154 Å². The van der Waals surface area contributed by atoms with Gasteiger partial charge in [-0.05, 0) is 36.8 Å². The maximum Gasteiger partial charge on any atom is 0.242 e. The van der Waals surface area contributed by atoms with Gasteiger partial charge in [0.1, 0.15) is 0 Å². The van der Waals surface area contributed by atoms with Crippen LogP contribution in [0.2, 0.25) is 0 Å². The molecule has 138 valence electrons. The summed E-state index contributed by atoms with van der Waals surface area (Å²) in [5.74, 6) is 0.466. The summed E-state index contributed by atoms with van der Waals surface area (Å²) in [7, 11) is 0. The van der Waals surface area contributed by atoms with E-state index in [2.05, 4.69) is 42.3 Å². The van der Waals surface area contributed by atoms with Crippen molar-refractivity contribution in [3.63, 3.8) is 0 Å². The van der Waals surface area contributed by atoms with Crippen LogP contribution in [0, 0.1) is 11.8 Å². The average molecular weight is 353 g/mol. The summed E-state index contributed by atoms with van der Waals surface area (Å²) >= 11 is 0. The van der Waals surface area contributed by atoms with Gasteiger partial charge in [-0.15, -0.1) is 0 Å². The zero-order chi connectivity index (χ0) is 18.3. The number of rotatable bonds is 4. The van der Waals surface area contributed by atoms with Gasteiger partial charge in [0.25, 0.3) is 0 Å². The standard InChI is InChI=1S/C21H27N3O2/c1-13(2)20-19-16(15-8-3-4-9-17(15)23-19)10-11-24(20)18(25)12-22-21(26)14-6-5-7-14/h3-4,8-9,13-14,20,23H,5-7,10-12H2,1-2H3,(H,22,26). The molecule has 1 aliphatic carbocycles. The van der Waals surface area contributed by atoms with Crippen LogP contribution in [-0.4, -0.2) is 34.8 Å². The molecule has 1 fully saturated rings. The molecule has 0 spiro atoms. The second-order valence-corrected chi connectivity index (χ2v) is 7.93. The number of hydrogen-bond acceptors (Lipinski definition) is 2. The van der Waals surface area contributed by atoms with E-state index in [0.717, 1.165) is 36.9 Å². The first-order valence-corrected chi connectivity index (χ1v) is 9.73. The van der Waals surface area contributed by atoms with Crippen molar-refractivity contribution < 1.29 is 9.59 Å². The number of aromatic nitrogens is 1. The molecule has 2 heterocycles. The van der Waals surface area contributed by atoms with Crippen molar-refractivity contribution in [2.45, 2.75) is 45.6 Å². The first-order valence-electron chi connectivity index (χ1n) is 9.73. The number of nitrogens with one attached hydrogen (secondary N) is 2. The summed E-state index contributed by atoms with van der Waals surface area (Å²) in [4.78, 5) is 30.4. The minimum atomic E-state index is 0.0145. The highest BCUT2D eigenvalue weighted by Gasteiger charge is 2.35. The highest BCUT2D eigenvalue weighted by molar-refractivity contribution is 5.88. The van der Waals surface area contributed by atoms with Gasteiger partial charge in [0, 0.05) is 29.1 Å². The molecule has 0 radical (unpaired) electrons. The van der Waals surface area contributed by atoms with Crippen molar-refractivity contribution in [2.75, 3.05) is 13.1 Å². The Morgan fingerprint density at radius 1 is 1.27 bits per heavy atom. The molecule has 4 rings (SSSR count). The van der Waals surface area contributed by atoms with Crippen LogP contribution in [0.25, 0.3) is 10.9 Å². The molecule has 0 bridgehead atoms. The van der Waals surface area contributed by atoms with Gasteiger partial charge >= 0.3 is 0 Å². The number of aromatic amines is 1. The first-order chi connectivity index (χ1) is 12.6. The Morgan fingerprint density at radius 2 is 2.04 bits per heavy atom. The molecule has 2 aliphatic rings. The summed E-state index contributed by atoms with van der Waals surface area (Å²) in [6.45, 7) is 5.11. The molecule has 5 heteroatoms. The Bertz CT molecular complexity index is 835. The summed E-state index contributed by atoms with van der Waals surface area (Å²) in [5, 5.41) is 4.11. The molecule has 1 saturated carbocycles. The first kappa shape index (κ1) is 17.1. The predicted molar refractivity (Wildman–Crippen MR) is 102 cm³/mol. The number of para-hydroxylation sites is 1. The van der Waals surface area contributed by atoms with Crippen LogP contribution in [-0.2, 0) is 16.0 Å². The molecule has 1 aromatic carbocycles. The molecule has 1 aliphatic heterocycles. The van der Waals surface area contributed by atoms with Crippen LogP contribution in [0.4, 0.5) is 0 Å². The summed E-state index contributed by atoms with van der Waals surface area (Å²) in [6, 6.07) is 8.37. The fourth-order valence-corrected chi connectivity index (χ4v) is 4.32. The van der Waals surface area contributed by atoms with E-state index >= 15 is 0 Å². The van der Waals surface area contributed by atoms with Gasteiger partial charge in [-0.3, -0.25) is 9.59 Å². The van der Waals surface area contributed by atoms with Gasteiger partial charge < -0.3 is 15.2 Å². The van der Waals surface area contributed by atoms with Gasteiger partial charge in [0.15, 0.2) is 0 Å². The molecule has 0 saturated heterocycles. The molecule has 5 nitrogen and oxygen atoms in total. The summed E-state index contributed by atoms with van der Waals surface area (Å²) < 4.78 is 0. The smallest absolute Gasteiger partial charge is 0.242 e. The number of fused-ring (bicyclic) bond motifs is 3. The van der Waals surface area contributed by atoms with Crippen LogP contribution in [0.15, 0.2) is 24.3 Å². The average Bonchev–Trinajstić information content (AvgIpc) is 2.95. The Balaban J connectivity index is 1.54. The van der Waals surface area contributed by atoms with E-state index in [4.69, 9.17) is 0 Å². The third-order valence-electron chi connectivity index (χ3n) is 5.92. The number of benzene rings is 1. The second kappa shape index (κ2) is 6.78. The summed E-state index contributed by atoms with van der Waals surface area (Å²) in [5.41, 5.74) is 3.63. The number of amides is 2. The monoisotopic (exact) mass is 353 g/mol. The van der Waals surface area contributed by atoms with Crippen LogP contribution in [0.1, 0.15) is 50.4 Å².